The van der Waals surface area contributed by atoms with Gasteiger partial charge in [0.2, 0.25) is 0 Å². The summed E-state index contributed by atoms with van der Waals surface area (Å²) in [5.41, 5.74) is 8.77. The molecule has 0 amide bonds. The second kappa shape index (κ2) is 4.68. The van der Waals surface area contributed by atoms with Crippen molar-refractivity contribution in [1.29, 1.82) is 0 Å². The molecule has 0 unspecified atom stereocenters. The van der Waals surface area contributed by atoms with Crippen LogP contribution in [-0.2, 0) is 6.42 Å². The Balaban J connectivity index is 2.52. The van der Waals surface area contributed by atoms with E-state index in [4.69, 9.17) is 17.3 Å². The smallest absolute Gasteiger partial charge is 0.0823 e. The molecule has 0 atom stereocenters. The molecular weight excluding hydrogens is 222 g/mol. The highest BCUT2D eigenvalue weighted by molar-refractivity contribution is 6.31. The van der Waals surface area contributed by atoms with Gasteiger partial charge in [0.25, 0.3) is 0 Å². The lowest BCUT2D eigenvalue weighted by Gasteiger charge is -2.09. The SMILES string of the molecule is Cc1ccccc1-n1ncc(Cl)c1CCN. The maximum atomic E-state index is 6.09. The molecular formula is C12H14ClN3. The second-order valence-electron chi connectivity index (χ2n) is 3.68. The summed E-state index contributed by atoms with van der Waals surface area (Å²) in [7, 11) is 0. The highest BCUT2D eigenvalue weighted by atomic mass is 35.5. The predicted octanol–water partition coefficient (Wildman–Crippen LogP) is 2.34. The van der Waals surface area contributed by atoms with E-state index in [0.717, 1.165) is 17.8 Å². The van der Waals surface area contributed by atoms with Crippen LogP contribution in [0, 0.1) is 6.92 Å². The van der Waals surface area contributed by atoms with Crippen molar-refractivity contribution in [3.63, 3.8) is 0 Å². The first-order valence-electron chi connectivity index (χ1n) is 5.22. The third-order valence-electron chi connectivity index (χ3n) is 2.54. The van der Waals surface area contributed by atoms with Crippen LogP contribution in [-0.4, -0.2) is 16.3 Å². The van der Waals surface area contributed by atoms with Gasteiger partial charge in [-0.05, 0) is 25.1 Å². The zero-order valence-electron chi connectivity index (χ0n) is 9.15. The van der Waals surface area contributed by atoms with Gasteiger partial charge in [-0.2, -0.15) is 5.10 Å². The van der Waals surface area contributed by atoms with Crippen molar-refractivity contribution in [2.24, 2.45) is 5.73 Å². The summed E-state index contributed by atoms with van der Waals surface area (Å²) >= 11 is 6.09. The molecule has 0 saturated carbocycles. The van der Waals surface area contributed by atoms with Crippen LogP contribution in [0.15, 0.2) is 30.5 Å². The quantitative estimate of drug-likeness (QED) is 0.888. The molecule has 3 nitrogen and oxygen atoms in total. The maximum Gasteiger partial charge on any atom is 0.0823 e. The van der Waals surface area contributed by atoms with Gasteiger partial charge in [0.1, 0.15) is 0 Å². The lowest BCUT2D eigenvalue weighted by Crippen LogP contribution is -2.10. The Hall–Kier alpha value is -1.32. The Morgan fingerprint density at radius 3 is 2.81 bits per heavy atom. The van der Waals surface area contributed by atoms with Crippen LogP contribution in [0.4, 0.5) is 0 Å². The van der Waals surface area contributed by atoms with Crippen molar-refractivity contribution in [2.45, 2.75) is 13.3 Å². The highest BCUT2D eigenvalue weighted by Crippen LogP contribution is 2.21. The predicted molar refractivity (Wildman–Crippen MR) is 66.1 cm³/mol. The van der Waals surface area contributed by atoms with E-state index in [-0.39, 0.29) is 0 Å². The lowest BCUT2D eigenvalue weighted by molar-refractivity contribution is 0.787. The fraction of sp³-hybridized carbons (Fsp3) is 0.250. The standard InChI is InChI=1S/C12H14ClN3/c1-9-4-2-3-5-11(9)16-12(6-7-14)10(13)8-15-16/h2-5,8H,6-7,14H2,1H3. The van der Waals surface area contributed by atoms with Gasteiger partial charge in [0.05, 0.1) is 22.6 Å². The third-order valence-corrected chi connectivity index (χ3v) is 2.86. The molecule has 2 N–H and O–H groups in total. The Labute approximate surface area is 99.8 Å². The molecule has 2 rings (SSSR count). The van der Waals surface area contributed by atoms with E-state index in [1.165, 1.54) is 5.56 Å². The minimum Gasteiger partial charge on any atom is -0.330 e. The van der Waals surface area contributed by atoms with E-state index in [1.807, 2.05) is 22.9 Å². The van der Waals surface area contributed by atoms with Crippen molar-refractivity contribution in [3.05, 3.63) is 46.7 Å². The fourth-order valence-electron chi connectivity index (χ4n) is 1.72. The van der Waals surface area contributed by atoms with Crippen molar-refractivity contribution >= 4 is 11.6 Å². The van der Waals surface area contributed by atoms with E-state index in [2.05, 4.69) is 18.1 Å². The molecule has 0 radical (unpaired) electrons. The van der Waals surface area contributed by atoms with E-state index < -0.39 is 0 Å². The molecule has 1 heterocycles. The number of benzene rings is 1. The van der Waals surface area contributed by atoms with Crippen molar-refractivity contribution < 1.29 is 0 Å². The summed E-state index contributed by atoms with van der Waals surface area (Å²) in [6.45, 7) is 2.62. The van der Waals surface area contributed by atoms with Gasteiger partial charge in [-0.3, -0.25) is 0 Å². The largest absolute Gasteiger partial charge is 0.330 e. The first-order valence-corrected chi connectivity index (χ1v) is 5.60. The summed E-state index contributed by atoms with van der Waals surface area (Å²) in [4.78, 5) is 0. The molecule has 0 fully saturated rings. The van der Waals surface area contributed by atoms with Crippen LogP contribution in [0.25, 0.3) is 5.69 Å². The van der Waals surface area contributed by atoms with Gasteiger partial charge in [-0.1, -0.05) is 29.8 Å². The summed E-state index contributed by atoms with van der Waals surface area (Å²) < 4.78 is 1.87. The van der Waals surface area contributed by atoms with E-state index in [1.54, 1.807) is 6.20 Å². The third kappa shape index (κ3) is 1.96. The number of halogens is 1. The molecule has 4 heteroatoms. The zero-order chi connectivity index (χ0) is 11.5. The lowest BCUT2D eigenvalue weighted by atomic mass is 10.2. The van der Waals surface area contributed by atoms with Gasteiger partial charge < -0.3 is 5.73 Å². The topological polar surface area (TPSA) is 43.8 Å². The van der Waals surface area contributed by atoms with Gasteiger partial charge in [0, 0.05) is 6.42 Å². The Morgan fingerprint density at radius 2 is 2.12 bits per heavy atom. The van der Waals surface area contributed by atoms with Crippen molar-refractivity contribution in [1.82, 2.24) is 9.78 Å². The molecule has 0 aliphatic rings. The molecule has 0 spiro atoms. The summed E-state index contributed by atoms with van der Waals surface area (Å²) in [5.74, 6) is 0. The Morgan fingerprint density at radius 1 is 1.38 bits per heavy atom. The van der Waals surface area contributed by atoms with Gasteiger partial charge >= 0.3 is 0 Å². The van der Waals surface area contributed by atoms with Crippen LogP contribution in [0.2, 0.25) is 5.02 Å². The number of rotatable bonds is 3. The Bertz CT molecular complexity index is 491. The Kier molecular flexibility index (Phi) is 3.27. The summed E-state index contributed by atoms with van der Waals surface area (Å²) in [6, 6.07) is 8.08. The number of aryl methyl sites for hydroxylation is 1. The first kappa shape index (κ1) is 11.2. The summed E-state index contributed by atoms with van der Waals surface area (Å²) in [5, 5.41) is 4.97. The van der Waals surface area contributed by atoms with E-state index >= 15 is 0 Å². The van der Waals surface area contributed by atoms with Crippen molar-refractivity contribution in [3.8, 4) is 5.69 Å². The number of para-hydroxylation sites is 1. The van der Waals surface area contributed by atoms with Crippen LogP contribution in [0.5, 0.6) is 0 Å². The van der Waals surface area contributed by atoms with Crippen LogP contribution < -0.4 is 5.73 Å². The molecule has 2 aromatic rings. The first-order chi connectivity index (χ1) is 7.74. The van der Waals surface area contributed by atoms with Crippen LogP contribution in [0.1, 0.15) is 11.3 Å². The molecule has 84 valence electrons. The van der Waals surface area contributed by atoms with Crippen molar-refractivity contribution in [2.75, 3.05) is 6.54 Å². The number of nitrogens with two attached hydrogens (primary N) is 1. The van der Waals surface area contributed by atoms with E-state index in [9.17, 15) is 0 Å². The zero-order valence-corrected chi connectivity index (χ0v) is 9.91. The van der Waals surface area contributed by atoms with Gasteiger partial charge in [-0.25, -0.2) is 4.68 Å². The highest BCUT2D eigenvalue weighted by Gasteiger charge is 2.10. The molecule has 0 bridgehead atoms. The maximum absolute atomic E-state index is 6.09. The molecule has 16 heavy (non-hydrogen) atoms. The van der Waals surface area contributed by atoms with Crippen LogP contribution in [0.3, 0.4) is 0 Å². The molecule has 0 saturated heterocycles. The average molecular weight is 236 g/mol. The fourth-order valence-corrected chi connectivity index (χ4v) is 1.94. The number of hydrogen-bond donors (Lipinski definition) is 1. The number of aromatic nitrogens is 2. The molecule has 0 aliphatic carbocycles. The van der Waals surface area contributed by atoms with Crippen LogP contribution >= 0.6 is 11.6 Å². The minimum absolute atomic E-state index is 0.567. The normalized spacial score (nSPS) is 10.7. The molecule has 0 aliphatic heterocycles. The van der Waals surface area contributed by atoms with E-state index in [0.29, 0.717) is 11.6 Å². The number of hydrogen-bond acceptors (Lipinski definition) is 2. The second-order valence-corrected chi connectivity index (χ2v) is 4.08. The van der Waals surface area contributed by atoms with Gasteiger partial charge in [-0.15, -0.1) is 0 Å². The number of nitrogens with zero attached hydrogens (tertiary/aromatic N) is 2. The average Bonchev–Trinajstić information content (AvgIpc) is 2.62. The monoisotopic (exact) mass is 235 g/mol. The summed E-state index contributed by atoms with van der Waals surface area (Å²) in [6.07, 6.45) is 2.39. The molecule has 1 aromatic heterocycles. The molecule has 1 aromatic carbocycles. The van der Waals surface area contributed by atoms with Gasteiger partial charge in [0.15, 0.2) is 0 Å². The minimum atomic E-state index is 0.567.